The zero-order valence-corrected chi connectivity index (χ0v) is 13.2. The Bertz CT molecular complexity index is 230. The smallest absolute Gasteiger partial charge is 0.0482 e. The summed E-state index contributed by atoms with van der Waals surface area (Å²) in [5.41, 5.74) is 0. The molecule has 0 atom stereocenters. The summed E-state index contributed by atoms with van der Waals surface area (Å²) in [6.07, 6.45) is 0. The van der Waals surface area contributed by atoms with Crippen LogP contribution in [-0.2, 0) is 0 Å². The van der Waals surface area contributed by atoms with E-state index in [0.29, 0.717) is 17.9 Å². The zero-order chi connectivity index (χ0) is 9.46. The van der Waals surface area contributed by atoms with Crippen LogP contribution in [0.5, 0.6) is 5.75 Å². The van der Waals surface area contributed by atoms with Crippen molar-refractivity contribution in [3.8, 4) is 5.75 Å². The lowest BCUT2D eigenvalue weighted by Crippen LogP contribution is -1.94. The fourth-order valence-corrected chi connectivity index (χ4v) is 3.60. The molecule has 0 unspecified atom stereocenters. The molecule has 0 aliphatic carbocycles. The van der Waals surface area contributed by atoms with Crippen molar-refractivity contribution in [2.24, 2.45) is 0 Å². The Labute approximate surface area is 112 Å². The summed E-state index contributed by atoms with van der Waals surface area (Å²) in [6.45, 7) is 0. The van der Waals surface area contributed by atoms with Crippen LogP contribution in [0.4, 0.5) is 0 Å². The highest BCUT2D eigenvalue weighted by Crippen LogP contribution is 2.46. The summed E-state index contributed by atoms with van der Waals surface area (Å²) in [5.74, 6) is -0.0862. The van der Waals surface area contributed by atoms with E-state index in [-0.39, 0.29) is 5.75 Å². The van der Waals surface area contributed by atoms with Crippen molar-refractivity contribution in [1.82, 2.24) is 0 Å². The van der Waals surface area contributed by atoms with Crippen molar-refractivity contribution in [1.29, 1.82) is 0 Å². The van der Waals surface area contributed by atoms with Crippen LogP contribution in [0.2, 0.25) is 0 Å². The van der Waals surface area contributed by atoms with Crippen LogP contribution in [0.3, 0.4) is 0 Å². The highest BCUT2D eigenvalue weighted by atomic mass is 79.9. The summed E-state index contributed by atoms with van der Waals surface area (Å²) in [4.78, 5) is 0. The van der Waals surface area contributed by atoms with Gasteiger partial charge in [0.15, 0.2) is 0 Å². The highest BCUT2D eigenvalue weighted by molar-refractivity contribution is 9.15. The van der Waals surface area contributed by atoms with Crippen molar-refractivity contribution >= 4 is 79.6 Å². The van der Waals surface area contributed by atoms with Crippen molar-refractivity contribution in [3.63, 3.8) is 0 Å². The van der Waals surface area contributed by atoms with Crippen LogP contribution in [0, 0.1) is 0 Å². The molecule has 0 saturated heterocycles. The fraction of sp³-hybridized carbons (Fsp3) is 0. The van der Waals surface area contributed by atoms with Gasteiger partial charge in [-0.15, -0.1) is 0 Å². The Balaban J connectivity index is 3.60. The molecule has 66 valence electrons. The second-order valence-corrected chi connectivity index (χ2v) is 5.86. The molecule has 0 aliphatic rings. The van der Waals surface area contributed by atoms with Crippen molar-refractivity contribution < 1.29 is 5.11 Å². The second kappa shape index (κ2) is 4.29. The van der Waals surface area contributed by atoms with Crippen LogP contribution in [-0.4, -0.2) is 0 Å². The minimum absolute atomic E-state index is 0.0862. The molecule has 1 aromatic rings. The van der Waals surface area contributed by atoms with E-state index in [0.717, 1.165) is 4.47 Å². The summed E-state index contributed by atoms with van der Waals surface area (Å²) in [5, 5.41) is 11.4. The van der Waals surface area contributed by atoms with Gasteiger partial charge in [-0.05, 0) is 47.8 Å². The Morgan fingerprint density at radius 3 is 1.17 bits per heavy atom. The maximum Gasteiger partial charge on any atom is 0.0482 e. The molecule has 0 fully saturated rings. The Morgan fingerprint density at radius 1 is 0.583 bits per heavy atom. The number of hydrogen-bond acceptors (Lipinski definition) is 1. The third-order valence-electron chi connectivity index (χ3n) is 1.17. The maximum atomic E-state index is 11.4. The molecule has 0 saturated carbocycles. The molecule has 0 amide bonds. The molecule has 1 aromatic carbocycles. The van der Waals surface area contributed by atoms with Gasteiger partial charge in [0.25, 0.3) is 0 Å². The largest absolute Gasteiger partial charge is 0.871 e. The SMILES string of the molecule is [O-]c1c(Br)c(Br)c(Br)c(Br)c1Br. The van der Waals surface area contributed by atoms with E-state index in [1.54, 1.807) is 0 Å². The average molecular weight is 488 g/mol. The predicted octanol–water partition coefficient (Wildman–Crippen LogP) is 4.57. The topological polar surface area (TPSA) is 23.1 Å². The highest BCUT2D eigenvalue weighted by Gasteiger charge is 2.11. The summed E-state index contributed by atoms with van der Waals surface area (Å²) < 4.78 is 3.24. The zero-order valence-electron chi connectivity index (χ0n) is 5.30. The fourth-order valence-electron chi connectivity index (χ4n) is 0.585. The van der Waals surface area contributed by atoms with Gasteiger partial charge in [-0.2, -0.15) is 0 Å². The molecular formula is C6Br5O-. The van der Waals surface area contributed by atoms with Crippen molar-refractivity contribution in [2.75, 3.05) is 0 Å². The molecule has 1 nitrogen and oxygen atoms in total. The molecule has 0 aliphatic heterocycles. The van der Waals surface area contributed by atoms with Crippen molar-refractivity contribution in [2.45, 2.75) is 0 Å². The Kier molecular flexibility index (Phi) is 4.11. The Morgan fingerprint density at radius 2 is 0.833 bits per heavy atom. The first-order chi connectivity index (χ1) is 5.46. The van der Waals surface area contributed by atoms with E-state index < -0.39 is 0 Å². The molecule has 12 heavy (non-hydrogen) atoms. The predicted molar refractivity (Wildman–Crippen MR) is 64.4 cm³/mol. The molecule has 1 rings (SSSR count). The van der Waals surface area contributed by atoms with Gasteiger partial charge < -0.3 is 5.11 Å². The van der Waals surface area contributed by atoms with Gasteiger partial charge in [0, 0.05) is 22.4 Å². The number of hydrogen-bond donors (Lipinski definition) is 0. The van der Waals surface area contributed by atoms with E-state index in [9.17, 15) is 5.11 Å². The van der Waals surface area contributed by atoms with Gasteiger partial charge in [-0.1, -0.05) is 37.6 Å². The van der Waals surface area contributed by atoms with E-state index in [2.05, 4.69) is 79.6 Å². The van der Waals surface area contributed by atoms with Crippen LogP contribution in [0.15, 0.2) is 22.4 Å². The van der Waals surface area contributed by atoms with E-state index in [4.69, 9.17) is 0 Å². The van der Waals surface area contributed by atoms with Gasteiger partial charge in [0.2, 0.25) is 0 Å². The lowest BCUT2D eigenvalue weighted by Gasteiger charge is -2.16. The average Bonchev–Trinajstić information content (AvgIpc) is 2.08. The van der Waals surface area contributed by atoms with Gasteiger partial charge >= 0.3 is 0 Å². The molecule has 0 N–H and O–H groups in total. The van der Waals surface area contributed by atoms with Gasteiger partial charge in [0.05, 0.1) is 0 Å². The third-order valence-corrected chi connectivity index (χ3v) is 7.19. The number of rotatable bonds is 0. The molecule has 0 heterocycles. The first-order valence-corrected chi connectivity index (χ1v) is 6.61. The Hall–Kier alpha value is 1.42. The molecular weight excluding hydrogens is 488 g/mol. The first-order valence-electron chi connectivity index (χ1n) is 2.65. The molecule has 6 heteroatoms. The molecule has 0 aromatic heterocycles. The van der Waals surface area contributed by atoms with E-state index >= 15 is 0 Å². The third kappa shape index (κ3) is 1.92. The molecule has 0 bridgehead atoms. The quantitative estimate of drug-likeness (QED) is 0.388. The lowest BCUT2D eigenvalue weighted by molar-refractivity contribution is -0.270. The van der Waals surface area contributed by atoms with Crippen LogP contribution in [0.25, 0.3) is 0 Å². The summed E-state index contributed by atoms with van der Waals surface area (Å²) >= 11 is 16.2. The first kappa shape index (κ1) is 11.5. The van der Waals surface area contributed by atoms with Gasteiger partial charge in [-0.25, -0.2) is 0 Å². The lowest BCUT2D eigenvalue weighted by atomic mass is 10.3. The number of benzene rings is 1. The normalized spacial score (nSPS) is 10.4. The van der Waals surface area contributed by atoms with Gasteiger partial charge in [-0.3, -0.25) is 0 Å². The summed E-state index contributed by atoms with van der Waals surface area (Å²) in [6, 6.07) is 0. The number of halogens is 5. The minimum Gasteiger partial charge on any atom is -0.871 e. The van der Waals surface area contributed by atoms with E-state index in [1.165, 1.54) is 0 Å². The minimum atomic E-state index is -0.0862. The van der Waals surface area contributed by atoms with E-state index in [1.807, 2.05) is 0 Å². The molecule has 0 radical (unpaired) electrons. The maximum absolute atomic E-state index is 11.4. The van der Waals surface area contributed by atoms with Crippen LogP contribution in [0.1, 0.15) is 0 Å². The second-order valence-electron chi connectivity index (χ2n) is 1.90. The van der Waals surface area contributed by atoms with Gasteiger partial charge in [0.1, 0.15) is 0 Å². The summed E-state index contributed by atoms with van der Waals surface area (Å²) in [7, 11) is 0. The van der Waals surface area contributed by atoms with Crippen LogP contribution < -0.4 is 5.11 Å². The van der Waals surface area contributed by atoms with Crippen LogP contribution >= 0.6 is 79.6 Å². The monoisotopic (exact) mass is 483 g/mol. The molecule has 0 spiro atoms. The van der Waals surface area contributed by atoms with Crippen molar-refractivity contribution in [3.05, 3.63) is 22.4 Å². The standard InChI is InChI=1S/C6HBr5O/c7-1-2(8)4(10)6(12)5(11)3(1)9/h12H/p-1.